The Hall–Kier alpha value is -2.63. The third-order valence-electron chi connectivity index (χ3n) is 4.59. The summed E-state index contributed by atoms with van der Waals surface area (Å²) in [7, 11) is 1.41. The van der Waals surface area contributed by atoms with Crippen molar-refractivity contribution >= 4 is 17.7 Å². The van der Waals surface area contributed by atoms with Crippen LogP contribution in [0, 0.1) is 0 Å². The number of hydrogen-bond donors (Lipinski definition) is 1. The molecule has 6 nitrogen and oxygen atoms in total. The van der Waals surface area contributed by atoms with E-state index in [4.69, 9.17) is 4.74 Å². The first-order chi connectivity index (χ1) is 12.1. The first-order valence-corrected chi connectivity index (χ1v) is 8.65. The molecule has 0 saturated heterocycles. The number of carbonyl (C=O) groups is 1. The summed E-state index contributed by atoms with van der Waals surface area (Å²) in [4.78, 5) is 22.9. The zero-order chi connectivity index (χ0) is 17.8. The minimum absolute atomic E-state index is 0.290. The van der Waals surface area contributed by atoms with Crippen molar-refractivity contribution < 1.29 is 9.53 Å². The lowest BCUT2D eigenvalue weighted by atomic mass is 9.97. The highest BCUT2D eigenvalue weighted by atomic mass is 16.5. The van der Waals surface area contributed by atoms with Gasteiger partial charge in [-0.25, -0.2) is 9.78 Å². The summed E-state index contributed by atoms with van der Waals surface area (Å²) in [6, 6.07) is 8.05. The molecular formula is C19H24N4O2. The molecule has 1 aliphatic heterocycles. The lowest BCUT2D eigenvalue weighted by Gasteiger charge is -2.30. The third kappa shape index (κ3) is 3.90. The zero-order valence-electron chi connectivity index (χ0n) is 15.0. The predicted octanol–water partition coefficient (Wildman–Crippen LogP) is 3.04. The van der Waals surface area contributed by atoms with Crippen LogP contribution < -0.4 is 10.2 Å². The van der Waals surface area contributed by atoms with Crippen LogP contribution in [0.15, 0.2) is 30.5 Å². The van der Waals surface area contributed by atoms with Crippen molar-refractivity contribution in [2.24, 2.45) is 0 Å². The van der Waals surface area contributed by atoms with E-state index in [2.05, 4.69) is 34.0 Å². The highest BCUT2D eigenvalue weighted by molar-refractivity contribution is 5.89. The molecule has 0 bridgehead atoms. The molecule has 1 atom stereocenters. The van der Waals surface area contributed by atoms with Gasteiger partial charge in [0.05, 0.1) is 12.7 Å². The lowest BCUT2D eigenvalue weighted by molar-refractivity contribution is 0.0600. The fourth-order valence-corrected chi connectivity index (χ4v) is 2.91. The fourth-order valence-electron chi connectivity index (χ4n) is 2.91. The van der Waals surface area contributed by atoms with Crippen LogP contribution in [-0.2, 0) is 17.7 Å². The largest absolute Gasteiger partial charge is 0.465 e. The monoisotopic (exact) mass is 340 g/mol. The number of rotatable bonds is 5. The maximum atomic E-state index is 11.7. The van der Waals surface area contributed by atoms with Gasteiger partial charge >= 0.3 is 5.97 Å². The average Bonchev–Trinajstić information content (AvgIpc) is 2.66. The molecule has 0 fully saturated rings. The maximum Gasteiger partial charge on any atom is 0.337 e. The van der Waals surface area contributed by atoms with E-state index in [1.807, 2.05) is 24.3 Å². The van der Waals surface area contributed by atoms with Crippen molar-refractivity contribution in [3.05, 3.63) is 47.2 Å². The van der Waals surface area contributed by atoms with Gasteiger partial charge in [-0.2, -0.15) is 4.98 Å². The molecule has 132 valence electrons. The molecule has 2 heterocycles. The van der Waals surface area contributed by atoms with Crippen LogP contribution in [0.1, 0.15) is 41.8 Å². The number of esters is 1. The Bertz CT molecular complexity index is 763. The molecule has 0 spiro atoms. The van der Waals surface area contributed by atoms with Crippen molar-refractivity contribution in [1.29, 1.82) is 0 Å². The second-order valence-corrected chi connectivity index (χ2v) is 6.34. The van der Waals surface area contributed by atoms with Gasteiger partial charge in [0, 0.05) is 25.3 Å². The molecule has 6 heteroatoms. The number of anilines is 2. The highest BCUT2D eigenvalue weighted by Gasteiger charge is 2.19. The van der Waals surface area contributed by atoms with Crippen LogP contribution in [0.2, 0.25) is 0 Å². The first-order valence-electron chi connectivity index (χ1n) is 8.65. The van der Waals surface area contributed by atoms with E-state index in [-0.39, 0.29) is 5.97 Å². The molecule has 3 rings (SSSR count). The molecule has 0 aliphatic carbocycles. The van der Waals surface area contributed by atoms with E-state index in [9.17, 15) is 4.79 Å². The van der Waals surface area contributed by atoms with Crippen LogP contribution in [0.3, 0.4) is 0 Å². The SMILES string of the molecule is CC[C@@H](C)Nc1nccc(N2CCc3cc(C(=O)OC)ccc3C2)n1. The van der Waals surface area contributed by atoms with Crippen molar-refractivity contribution in [1.82, 2.24) is 9.97 Å². The van der Waals surface area contributed by atoms with Crippen molar-refractivity contribution in [2.45, 2.75) is 39.3 Å². The second kappa shape index (κ2) is 7.51. The number of hydrogen-bond acceptors (Lipinski definition) is 6. The van der Waals surface area contributed by atoms with Gasteiger partial charge in [0.15, 0.2) is 0 Å². The van der Waals surface area contributed by atoms with Crippen LogP contribution in [0.4, 0.5) is 11.8 Å². The van der Waals surface area contributed by atoms with E-state index >= 15 is 0 Å². The Morgan fingerprint density at radius 2 is 2.20 bits per heavy atom. The van der Waals surface area contributed by atoms with Gasteiger partial charge < -0.3 is 15.0 Å². The van der Waals surface area contributed by atoms with Crippen molar-refractivity contribution in [2.75, 3.05) is 23.9 Å². The van der Waals surface area contributed by atoms with Gasteiger partial charge in [0.1, 0.15) is 5.82 Å². The average molecular weight is 340 g/mol. The number of fused-ring (bicyclic) bond motifs is 1. The molecular weight excluding hydrogens is 316 g/mol. The summed E-state index contributed by atoms with van der Waals surface area (Å²) in [5.41, 5.74) is 3.02. The number of nitrogens with zero attached hydrogens (tertiary/aromatic N) is 3. The highest BCUT2D eigenvalue weighted by Crippen LogP contribution is 2.24. The van der Waals surface area contributed by atoms with Gasteiger partial charge in [0.25, 0.3) is 0 Å². The maximum absolute atomic E-state index is 11.7. The fraction of sp³-hybridized carbons (Fsp3) is 0.421. The molecule has 1 aromatic carbocycles. The number of methoxy groups -OCH3 is 1. The quantitative estimate of drug-likeness (QED) is 0.844. The summed E-state index contributed by atoms with van der Waals surface area (Å²) in [6.07, 6.45) is 3.69. The third-order valence-corrected chi connectivity index (χ3v) is 4.59. The Morgan fingerprint density at radius 3 is 2.96 bits per heavy atom. The van der Waals surface area contributed by atoms with E-state index in [1.165, 1.54) is 18.2 Å². The van der Waals surface area contributed by atoms with Crippen LogP contribution in [0.25, 0.3) is 0 Å². The van der Waals surface area contributed by atoms with Gasteiger partial charge in [-0.1, -0.05) is 13.0 Å². The summed E-state index contributed by atoms with van der Waals surface area (Å²) >= 11 is 0. The zero-order valence-corrected chi connectivity index (χ0v) is 15.0. The topological polar surface area (TPSA) is 67.4 Å². The molecule has 0 radical (unpaired) electrons. The molecule has 1 aliphatic rings. The summed E-state index contributed by atoms with van der Waals surface area (Å²) < 4.78 is 4.80. The molecule has 0 saturated carbocycles. The van der Waals surface area contributed by atoms with E-state index in [0.717, 1.165) is 31.7 Å². The molecule has 25 heavy (non-hydrogen) atoms. The second-order valence-electron chi connectivity index (χ2n) is 6.34. The first kappa shape index (κ1) is 17.2. The molecule has 2 aromatic rings. The Morgan fingerprint density at radius 1 is 1.36 bits per heavy atom. The van der Waals surface area contributed by atoms with Crippen LogP contribution in [0.5, 0.6) is 0 Å². The van der Waals surface area contributed by atoms with Crippen LogP contribution in [-0.4, -0.2) is 35.6 Å². The number of ether oxygens (including phenoxy) is 1. The van der Waals surface area contributed by atoms with E-state index in [1.54, 1.807) is 6.20 Å². The van der Waals surface area contributed by atoms with Gasteiger partial charge in [-0.15, -0.1) is 0 Å². The molecule has 1 N–H and O–H groups in total. The Kier molecular flexibility index (Phi) is 5.16. The van der Waals surface area contributed by atoms with Crippen molar-refractivity contribution in [3.63, 3.8) is 0 Å². The van der Waals surface area contributed by atoms with E-state index < -0.39 is 0 Å². The molecule has 0 amide bonds. The summed E-state index contributed by atoms with van der Waals surface area (Å²) in [5, 5.41) is 3.32. The normalized spacial score (nSPS) is 14.6. The van der Waals surface area contributed by atoms with Gasteiger partial charge in [-0.05, 0) is 49.1 Å². The smallest absolute Gasteiger partial charge is 0.337 e. The summed E-state index contributed by atoms with van der Waals surface area (Å²) in [6.45, 7) is 5.88. The Labute approximate surface area is 148 Å². The lowest BCUT2D eigenvalue weighted by Crippen LogP contribution is -2.31. The van der Waals surface area contributed by atoms with Gasteiger partial charge in [-0.3, -0.25) is 0 Å². The summed E-state index contributed by atoms with van der Waals surface area (Å²) in [5.74, 6) is 1.30. The minimum atomic E-state index is -0.290. The predicted molar refractivity (Wildman–Crippen MR) is 97.9 cm³/mol. The standard InChI is InChI=1S/C19H24N4O2/c1-4-13(2)21-19-20-9-7-17(22-19)23-10-8-14-11-15(18(24)25-3)5-6-16(14)12-23/h5-7,9,11,13H,4,8,10,12H2,1-3H3,(H,20,21,22)/t13-/m1/s1. The van der Waals surface area contributed by atoms with Crippen LogP contribution >= 0.6 is 0 Å². The number of nitrogens with one attached hydrogen (secondary N) is 1. The number of carbonyl (C=O) groups excluding carboxylic acids is 1. The number of aromatic nitrogens is 2. The molecule has 0 unspecified atom stereocenters. The molecule has 1 aromatic heterocycles. The Balaban J connectivity index is 1.76. The van der Waals surface area contributed by atoms with Crippen molar-refractivity contribution in [3.8, 4) is 0 Å². The minimum Gasteiger partial charge on any atom is -0.465 e. The van der Waals surface area contributed by atoms with E-state index in [0.29, 0.717) is 17.6 Å². The number of benzene rings is 1. The van der Waals surface area contributed by atoms with Gasteiger partial charge in [0.2, 0.25) is 5.95 Å².